The minimum Gasteiger partial charge on any atom is -0.456 e. The Morgan fingerprint density at radius 2 is 1.27 bits per heavy atom. The van der Waals surface area contributed by atoms with Gasteiger partial charge in [-0.05, 0) is 169 Å². The molecule has 8 heteroatoms. The number of anilines is 4. The summed E-state index contributed by atoms with van der Waals surface area (Å²) in [6, 6.07) is 86.7. The van der Waals surface area contributed by atoms with Gasteiger partial charge in [-0.15, -0.1) is 0 Å². The van der Waals surface area contributed by atoms with Crippen molar-refractivity contribution in [3.63, 3.8) is 0 Å². The van der Waals surface area contributed by atoms with Crippen molar-refractivity contribution in [3.8, 4) is 16.9 Å². The van der Waals surface area contributed by atoms with Crippen LogP contribution in [0.15, 0.2) is 389 Å². The van der Waals surface area contributed by atoms with E-state index >= 15 is 0 Å². The maximum absolute atomic E-state index is 6.67. The van der Waals surface area contributed by atoms with Crippen molar-refractivity contribution in [2.75, 3.05) is 21.7 Å². The van der Waals surface area contributed by atoms with E-state index in [1.165, 1.54) is 16.5 Å². The average Bonchev–Trinajstić information content (AvgIpc) is 1.59. The monoisotopic (exact) mass is 1330 g/mol. The van der Waals surface area contributed by atoms with Gasteiger partial charge in [-0.25, -0.2) is 9.98 Å². The summed E-state index contributed by atoms with van der Waals surface area (Å²) in [5.41, 5.74) is 27.4. The summed E-state index contributed by atoms with van der Waals surface area (Å²) in [5, 5.41) is 5.44. The average molecular weight is 1330 g/mol. The fraction of sp³-hybridized carbons (Fsp3) is 0.0632. The van der Waals surface area contributed by atoms with E-state index in [2.05, 4.69) is 350 Å². The number of allylic oxidation sites excluding steroid dienone is 15. The number of hydrogen-bond donors (Lipinski definition) is 0. The van der Waals surface area contributed by atoms with Gasteiger partial charge in [0.1, 0.15) is 33.8 Å². The summed E-state index contributed by atoms with van der Waals surface area (Å²) >= 11 is 0. The largest absolute Gasteiger partial charge is 0.456 e. The number of amidine groups is 1. The second-order valence-electron chi connectivity index (χ2n) is 25.7. The number of pyridine rings is 1. The Kier molecular flexibility index (Phi) is 17.8. The molecule has 0 amide bonds. The first-order chi connectivity index (χ1) is 50.8. The molecule has 0 spiro atoms. The third-order valence-electron chi connectivity index (χ3n) is 19.6. The number of hydrogen-bond acceptors (Lipinski definition) is 7. The summed E-state index contributed by atoms with van der Waals surface area (Å²) < 4.78 is 15.7. The lowest BCUT2D eigenvalue weighted by Gasteiger charge is -2.27. The zero-order chi connectivity index (χ0) is 69.8. The molecule has 1 aliphatic heterocycles. The maximum atomic E-state index is 6.67. The number of nitrogens with zero attached hydrogens (tertiary/aromatic N) is 6. The Labute approximate surface area is 600 Å². The van der Waals surface area contributed by atoms with E-state index in [-0.39, 0.29) is 0 Å². The molecule has 0 saturated heterocycles. The Hall–Kier alpha value is -13.3. The number of para-hydroxylation sites is 4. The second kappa shape index (κ2) is 28.5. The summed E-state index contributed by atoms with van der Waals surface area (Å²) in [6.45, 7) is 13.4. The molecule has 496 valence electrons. The smallest absolute Gasteiger partial charge is 0.138 e. The lowest BCUT2D eigenvalue weighted by molar-refractivity contribution is 0.575. The normalized spacial score (nSPS) is 14.1. The second-order valence-corrected chi connectivity index (χ2v) is 25.7. The summed E-state index contributed by atoms with van der Waals surface area (Å²) in [7, 11) is 2.17. The number of aromatic nitrogens is 2. The molecule has 13 aromatic rings. The molecule has 16 rings (SSSR count). The quantitative estimate of drug-likeness (QED) is 0.0630. The van der Waals surface area contributed by atoms with Gasteiger partial charge >= 0.3 is 0 Å². The summed E-state index contributed by atoms with van der Waals surface area (Å²) in [6.07, 6.45) is 31.7. The van der Waals surface area contributed by atoms with E-state index in [0.29, 0.717) is 19.3 Å². The van der Waals surface area contributed by atoms with Gasteiger partial charge in [0.25, 0.3) is 0 Å². The predicted molar refractivity (Wildman–Crippen MR) is 431 cm³/mol. The first-order valence-corrected chi connectivity index (χ1v) is 35.0. The number of fused-ring (bicyclic) bond motifs is 7. The van der Waals surface area contributed by atoms with Crippen LogP contribution in [0.3, 0.4) is 0 Å². The standard InChI is InChI=1S/C95H74N6O2/c1-6-33-77(80-50-31-57-89-95(80)82-48-22-25-55-87(82)103-89)92(69-38-28-43-73(61-60-69)101(72-41-18-11-19-42-72)90-58-27-23-51-83(96-90)67-34-12-8-13-35-67)66(4)98(5)74-44-29-45-75(64-74)99-65(3)76(93-78(49-30-53-85(93)99)79-46-20-26-56-88-94(79)81-47-21-24-54-86(81)102-88)63-62-70(7-2)100(71-39-16-10-17-40-71)91-59-32-52-84(97-91)68-36-14-9-15-37-68/h6-45,47-57,59-60,62,64H,1-2,46,58,63H2,3-5H3/b70-62+,77-33-,92-66+. The molecular formula is C95H74N6O2. The molecule has 9 aromatic carbocycles. The van der Waals surface area contributed by atoms with Crippen LogP contribution in [-0.2, 0) is 6.42 Å². The van der Waals surface area contributed by atoms with Gasteiger partial charge in [-0.3, -0.25) is 9.80 Å². The van der Waals surface area contributed by atoms with Gasteiger partial charge in [0.15, 0.2) is 0 Å². The third-order valence-corrected chi connectivity index (χ3v) is 19.6. The number of furan rings is 2. The number of benzene rings is 9. The molecule has 5 heterocycles. The zero-order valence-corrected chi connectivity index (χ0v) is 57.8. The molecule has 0 N–H and O–H groups in total. The lowest BCUT2D eigenvalue weighted by atomic mass is 9.87. The van der Waals surface area contributed by atoms with E-state index < -0.39 is 0 Å². The molecule has 2 aliphatic carbocycles. The van der Waals surface area contributed by atoms with E-state index in [9.17, 15) is 0 Å². The van der Waals surface area contributed by atoms with Crippen LogP contribution in [0.1, 0.15) is 47.7 Å². The fourth-order valence-corrected chi connectivity index (χ4v) is 14.8. The highest BCUT2D eigenvalue weighted by Gasteiger charge is 2.27. The number of rotatable bonds is 18. The first kappa shape index (κ1) is 64.4. The Morgan fingerprint density at radius 1 is 0.612 bits per heavy atom. The number of aliphatic imine (C=N–C) groups is 1. The van der Waals surface area contributed by atoms with Gasteiger partial charge in [0, 0.05) is 96.8 Å². The van der Waals surface area contributed by atoms with Crippen molar-refractivity contribution >= 4 is 95.4 Å². The van der Waals surface area contributed by atoms with Gasteiger partial charge in [0.2, 0.25) is 0 Å². The molecule has 0 unspecified atom stereocenters. The van der Waals surface area contributed by atoms with Gasteiger partial charge in [0.05, 0.1) is 22.6 Å². The van der Waals surface area contributed by atoms with E-state index in [1.54, 1.807) is 0 Å². The van der Waals surface area contributed by atoms with Crippen molar-refractivity contribution in [2.45, 2.75) is 33.1 Å². The topological polar surface area (TPSA) is 66.2 Å². The Bertz CT molecular complexity index is 6010. The highest BCUT2D eigenvalue weighted by atomic mass is 16.3. The highest BCUT2D eigenvalue weighted by Crippen LogP contribution is 2.44. The SMILES string of the molecule is C=C/C=C(\C(C1=CC=CC(N(C2=NC(c3ccccc3)=CC=CC2)c2ccccc2)=C=C1)=C(/C)N(C)c1cccc(-n2c(C)c(C/C=C(\C=C)N(c3ccccc3)c3cccc(-c4ccccc4)n3)c3c(C4=c5c(oc6ccccc56)=CC=CC4)cccc32)c1)c1cccc2oc3ccccc3c12. The molecule has 0 bridgehead atoms. The molecule has 0 saturated carbocycles. The Balaban J connectivity index is 0.868. The van der Waals surface area contributed by atoms with Crippen LogP contribution in [0.2, 0.25) is 0 Å². The zero-order valence-electron chi connectivity index (χ0n) is 57.8. The van der Waals surface area contributed by atoms with Crippen LogP contribution in [0.25, 0.3) is 83.7 Å². The molecule has 3 aliphatic rings. The minimum absolute atomic E-state index is 0.568. The highest BCUT2D eigenvalue weighted by molar-refractivity contribution is 6.13. The third kappa shape index (κ3) is 12.4. The van der Waals surface area contributed by atoms with E-state index in [1.807, 2.05) is 42.5 Å². The minimum atomic E-state index is 0.568. The van der Waals surface area contributed by atoms with Gasteiger partial charge in [-0.2, -0.15) is 0 Å². The molecule has 0 fully saturated rings. The van der Waals surface area contributed by atoms with Crippen molar-refractivity contribution in [1.29, 1.82) is 0 Å². The van der Waals surface area contributed by atoms with Crippen LogP contribution in [0.5, 0.6) is 0 Å². The first-order valence-electron chi connectivity index (χ1n) is 35.0. The van der Waals surface area contributed by atoms with Crippen LogP contribution in [-0.4, -0.2) is 22.4 Å². The lowest BCUT2D eigenvalue weighted by Crippen LogP contribution is -2.29. The fourth-order valence-electron chi connectivity index (χ4n) is 14.8. The molecule has 0 atom stereocenters. The van der Waals surface area contributed by atoms with Crippen molar-refractivity contribution < 1.29 is 8.83 Å². The Morgan fingerprint density at radius 3 is 2.05 bits per heavy atom. The van der Waals surface area contributed by atoms with Crippen LogP contribution < -0.4 is 25.3 Å². The summed E-state index contributed by atoms with van der Waals surface area (Å²) in [5.74, 6) is 1.66. The summed E-state index contributed by atoms with van der Waals surface area (Å²) in [4.78, 5) is 17.5. The van der Waals surface area contributed by atoms with Gasteiger partial charge < -0.3 is 18.3 Å². The molecule has 0 radical (unpaired) electrons. The maximum Gasteiger partial charge on any atom is 0.138 e. The molecule has 8 nitrogen and oxygen atoms in total. The van der Waals surface area contributed by atoms with Crippen molar-refractivity contribution in [1.82, 2.24) is 9.55 Å². The molecule has 103 heavy (non-hydrogen) atoms. The van der Waals surface area contributed by atoms with Crippen LogP contribution in [0, 0.1) is 6.92 Å². The molecular weight excluding hydrogens is 1260 g/mol. The van der Waals surface area contributed by atoms with Crippen molar-refractivity contribution in [3.05, 3.63) is 413 Å². The van der Waals surface area contributed by atoms with Crippen LogP contribution in [0.4, 0.5) is 22.9 Å². The van der Waals surface area contributed by atoms with Crippen molar-refractivity contribution in [2.24, 2.45) is 4.99 Å². The predicted octanol–water partition coefficient (Wildman–Crippen LogP) is 22.5. The van der Waals surface area contributed by atoms with E-state index in [4.69, 9.17) is 18.8 Å². The van der Waals surface area contributed by atoms with Crippen LogP contribution >= 0.6 is 0 Å². The van der Waals surface area contributed by atoms with Gasteiger partial charge in [-0.1, -0.05) is 243 Å². The molecule has 4 aromatic heterocycles. The van der Waals surface area contributed by atoms with E-state index in [0.717, 1.165) is 157 Å².